The first-order chi connectivity index (χ1) is 7.63. The number of benzene rings is 1. The normalized spacial score (nSPS) is 9.94. The highest BCUT2D eigenvalue weighted by Crippen LogP contribution is 2.17. The van der Waals surface area contributed by atoms with E-state index in [2.05, 4.69) is 10.6 Å². The maximum Gasteiger partial charge on any atom is 0.225 e. The number of carbonyl (C=O) groups is 1. The van der Waals surface area contributed by atoms with Gasteiger partial charge in [0, 0.05) is 38.4 Å². The summed E-state index contributed by atoms with van der Waals surface area (Å²) in [4.78, 5) is 13.5. The third-order valence-electron chi connectivity index (χ3n) is 2.25. The third-order valence-corrected chi connectivity index (χ3v) is 2.25. The summed E-state index contributed by atoms with van der Waals surface area (Å²) in [6.07, 6.45) is 0.489. The fourth-order valence-corrected chi connectivity index (χ4v) is 1.32. The Morgan fingerprint density at radius 1 is 1.38 bits per heavy atom. The second-order valence-corrected chi connectivity index (χ2v) is 3.85. The molecule has 0 aliphatic carbocycles. The van der Waals surface area contributed by atoms with E-state index in [1.54, 1.807) is 0 Å². The molecular weight excluding hydrogens is 202 g/mol. The maximum absolute atomic E-state index is 11.5. The molecule has 88 valence electrons. The number of nitrogens with zero attached hydrogens (tertiary/aromatic N) is 1. The lowest BCUT2D eigenvalue weighted by molar-refractivity contribution is -0.116. The van der Waals surface area contributed by atoms with Crippen molar-refractivity contribution in [3.63, 3.8) is 0 Å². The minimum Gasteiger partial charge on any atom is -0.378 e. The van der Waals surface area contributed by atoms with E-state index >= 15 is 0 Å². The molecule has 0 radical (unpaired) electrons. The Kier molecular flexibility index (Phi) is 4.79. The van der Waals surface area contributed by atoms with Crippen molar-refractivity contribution in [1.29, 1.82) is 0 Å². The zero-order valence-electron chi connectivity index (χ0n) is 10.1. The molecule has 1 amide bonds. The highest BCUT2D eigenvalue weighted by atomic mass is 16.1. The maximum atomic E-state index is 11.5. The van der Waals surface area contributed by atoms with Crippen molar-refractivity contribution >= 4 is 17.3 Å². The molecule has 0 saturated heterocycles. The molecule has 2 N–H and O–H groups in total. The molecule has 0 aromatic heterocycles. The van der Waals surface area contributed by atoms with Crippen LogP contribution in [0.1, 0.15) is 6.42 Å². The Morgan fingerprint density at radius 3 is 2.75 bits per heavy atom. The molecule has 0 fully saturated rings. The van der Waals surface area contributed by atoms with Gasteiger partial charge in [0.15, 0.2) is 0 Å². The number of hydrogen-bond acceptors (Lipinski definition) is 3. The Balaban J connectivity index is 2.59. The molecule has 0 unspecified atom stereocenters. The van der Waals surface area contributed by atoms with Gasteiger partial charge in [0.1, 0.15) is 0 Å². The summed E-state index contributed by atoms with van der Waals surface area (Å²) in [6.45, 7) is 0.694. The van der Waals surface area contributed by atoms with Crippen molar-refractivity contribution in [1.82, 2.24) is 5.32 Å². The summed E-state index contributed by atoms with van der Waals surface area (Å²) in [6, 6.07) is 7.79. The molecule has 16 heavy (non-hydrogen) atoms. The molecule has 1 rings (SSSR count). The quantitative estimate of drug-likeness (QED) is 0.787. The first kappa shape index (κ1) is 12.5. The lowest BCUT2D eigenvalue weighted by atomic mass is 10.2. The van der Waals surface area contributed by atoms with E-state index < -0.39 is 0 Å². The summed E-state index contributed by atoms with van der Waals surface area (Å²) >= 11 is 0. The zero-order chi connectivity index (χ0) is 12.0. The van der Waals surface area contributed by atoms with Crippen molar-refractivity contribution in [3.8, 4) is 0 Å². The van der Waals surface area contributed by atoms with Crippen molar-refractivity contribution in [2.24, 2.45) is 0 Å². The van der Waals surface area contributed by atoms with Crippen molar-refractivity contribution in [3.05, 3.63) is 24.3 Å². The van der Waals surface area contributed by atoms with Gasteiger partial charge in [-0.05, 0) is 25.2 Å². The van der Waals surface area contributed by atoms with Crippen LogP contribution in [0.5, 0.6) is 0 Å². The molecule has 0 aliphatic rings. The standard InChI is InChI=1S/C12H19N3O/c1-13-8-7-12(16)14-10-5-4-6-11(9-10)15(2)3/h4-6,9,13H,7-8H2,1-3H3,(H,14,16). The van der Waals surface area contributed by atoms with Crippen LogP contribution in [0, 0.1) is 0 Å². The van der Waals surface area contributed by atoms with Crippen LogP contribution in [0.25, 0.3) is 0 Å². The first-order valence-electron chi connectivity index (χ1n) is 5.35. The van der Waals surface area contributed by atoms with Gasteiger partial charge in [0.05, 0.1) is 0 Å². The van der Waals surface area contributed by atoms with E-state index in [0.717, 1.165) is 11.4 Å². The molecular formula is C12H19N3O. The number of amides is 1. The van der Waals surface area contributed by atoms with Crippen molar-refractivity contribution in [2.45, 2.75) is 6.42 Å². The lowest BCUT2D eigenvalue weighted by Crippen LogP contribution is -2.19. The number of anilines is 2. The van der Waals surface area contributed by atoms with Crippen molar-refractivity contribution in [2.75, 3.05) is 37.9 Å². The third kappa shape index (κ3) is 3.90. The fourth-order valence-electron chi connectivity index (χ4n) is 1.32. The largest absolute Gasteiger partial charge is 0.378 e. The second-order valence-electron chi connectivity index (χ2n) is 3.85. The van der Waals surface area contributed by atoms with Gasteiger partial charge in [-0.1, -0.05) is 6.07 Å². The van der Waals surface area contributed by atoms with Gasteiger partial charge >= 0.3 is 0 Å². The Morgan fingerprint density at radius 2 is 2.12 bits per heavy atom. The summed E-state index contributed by atoms with van der Waals surface area (Å²) in [7, 11) is 5.78. The predicted molar refractivity (Wildman–Crippen MR) is 67.9 cm³/mol. The highest BCUT2D eigenvalue weighted by Gasteiger charge is 2.02. The van der Waals surface area contributed by atoms with Gasteiger partial charge in [-0.15, -0.1) is 0 Å². The minimum absolute atomic E-state index is 0.0326. The van der Waals surface area contributed by atoms with Crippen LogP contribution < -0.4 is 15.5 Å². The molecule has 0 heterocycles. The van der Waals surface area contributed by atoms with E-state index in [1.165, 1.54) is 0 Å². The van der Waals surface area contributed by atoms with Gasteiger partial charge in [0.2, 0.25) is 5.91 Å². The Hall–Kier alpha value is -1.55. The monoisotopic (exact) mass is 221 g/mol. The lowest BCUT2D eigenvalue weighted by Gasteiger charge is -2.14. The molecule has 1 aromatic carbocycles. The van der Waals surface area contributed by atoms with Gasteiger partial charge in [-0.3, -0.25) is 4.79 Å². The van der Waals surface area contributed by atoms with Crippen LogP contribution in [0.15, 0.2) is 24.3 Å². The average Bonchev–Trinajstić information content (AvgIpc) is 2.26. The Bertz CT molecular complexity index is 350. The SMILES string of the molecule is CNCCC(=O)Nc1cccc(N(C)C)c1. The number of nitrogens with one attached hydrogen (secondary N) is 2. The molecule has 0 aliphatic heterocycles. The van der Waals surface area contributed by atoms with E-state index in [0.29, 0.717) is 13.0 Å². The zero-order valence-corrected chi connectivity index (χ0v) is 10.1. The minimum atomic E-state index is 0.0326. The van der Waals surface area contributed by atoms with Crippen LogP contribution in [0.4, 0.5) is 11.4 Å². The molecule has 4 heteroatoms. The topological polar surface area (TPSA) is 44.4 Å². The van der Waals surface area contributed by atoms with Crippen LogP contribution in [0.2, 0.25) is 0 Å². The second kappa shape index (κ2) is 6.12. The van der Waals surface area contributed by atoms with E-state index in [4.69, 9.17) is 0 Å². The molecule has 4 nitrogen and oxygen atoms in total. The summed E-state index contributed by atoms with van der Waals surface area (Å²) < 4.78 is 0. The summed E-state index contributed by atoms with van der Waals surface area (Å²) in [5.41, 5.74) is 1.92. The molecule has 1 aromatic rings. The van der Waals surface area contributed by atoms with Gasteiger partial charge in [-0.2, -0.15) is 0 Å². The number of hydrogen-bond donors (Lipinski definition) is 2. The number of rotatable bonds is 5. The average molecular weight is 221 g/mol. The molecule has 0 saturated carbocycles. The van der Waals surface area contributed by atoms with Crippen LogP contribution in [-0.4, -0.2) is 33.6 Å². The molecule has 0 spiro atoms. The Labute approximate surface area is 96.6 Å². The van der Waals surface area contributed by atoms with E-state index in [1.807, 2.05) is 50.3 Å². The summed E-state index contributed by atoms with van der Waals surface area (Å²) in [5, 5.41) is 5.81. The van der Waals surface area contributed by atoms with Crippen LogP contribution in [0.3, 0.4) is 0 Å². The van der Waals surface area contributed by atoms with Crippen LogP contribution >= 0.6 is 0 Å². The van der Waals surface area contributed by atoms with Gasteiger partial charge < -0.3 is 15.5 Å². The van der Waals surface area contributed by atoms with E-state index in [-0.39, 0.29) is 5.91 Å². The number of carbonyl (C=O) groups excluding carboxylic acids is 1. The smallest absolute Gasteiger partial charge is 0.225 e. The molecule has 0 bridgehead atoms. The fraction of sp³-hybridized carbons (Fsp3) is 0.417. The summed E-state index contributed by atoms with van der Waals surface area (Å²) in [5.74, 6) is 0.0326. The first-order valence-corrected chi connectivity index (χ1v) is 5.35. The van der Waals surface area contributed by atoms with E-state index in [9.17, 15) is 4.79 Å². The van der Waals surface area contributed by atoms with Gasteiger partial charge in [0.25, 0.3) is 0 Å². The van der Waals surface area contributed by atoms with Gasteiger partial charge in [-0.25, -0.2) is 0 Å². The molecule has 0 atom stereocenters. The predicted octanol–water partition coefficient (Wildman–Crippen LogP) is 1.30. The highest BCUT2D eigenvalue weighted by molar-refractivity contribution is 5.91. The van der Waals surface area contributed by atoms with Crippen LogP contribution in [-0.2, 0) is 4.79 Å². The van der Waals surface area contributed by atoms with Crippen molar-refractivity contribution < 1.29 is 4.79 Å².